The van der Waals surface area contributed by atoms with Crippen LogP contribution in [0.1, 0.15) is 31.2 Å². The number of halogens is 2. The van der Waals surface area contributed by atoms with Crippen molar-refractivity contribution < 1.29 is 14.0 Å². The molecule has 1 N–H and O–H groups in total. The van der Waals surface area contributed by atoms with E-state index in [0.29, 0.717) is 16.4 Å². The van der Waals surface area contributed by atoms with Crippen molar-refractivity contribution in [1.29, 1.82) is 0 Å². The average Bonchev–Trinajstić information content (AvgIpc) is 3.05. The second-order valence-electron chi connectivity index (χ2n) is 5.27. The third kappa shape index (κ3) is 4.13. The lowest BCUT2D eigenvalue weighted by molar-refractivity contribution is 0.0940. The van der Waals surface area contributed by atoms with E-state index in [-0.39, 0.29) is 22.8 Å². The first-order valence-corrected chi connectivity index (χ1v) is 8.66. The molecule has 1 amide bonds. The predicted octanol–water partition coefficient (Wildman–Crippen LogP) is 4.70. The fourth-order valence-electron chi connectivity index (χ4n) is 2.35. The summed E-state index contributed by atoms with van der Waals surface area (Å²) in [5.74, 6) is -1.10. The SMILES string of the molecule is O=C(NCc1ccc(Cl)s1)c1ccccc1C(=O)c1ccc(F)cc1. The summed E-state index contributed by atoms with van der Waals surface area (Å²) >= 11 is 7.25. The summed E-state index contributed by atoms with van der Waals surface area (Å²) in [5.41, 5.74) is 0.877. The largest absolute Gasteiger partial charge is 0.347 e. The maximum Gasteiger partial charge on any atom is 0.252 e. The molecular formula is C19H13ClFNO2S. The molecule has 25 heavy (non-hydrogen) atoms. The summed E-state index contributed by atoms with van der Waals surface area (Å²) in [7, 11) is 0. The zero-order valence-corrected chi connectivity index (χ0v) is 14.5. The highest BCUT2D eigenvalue weighted by Gasteiger charge is 2.18. The lowest BCUT2D eigenvalue weighted by Crippen LogP contribution is -2.24. The van der Waals surface area contributed by atoms with Gasteiger partial charge in [0.25, 0.3) is 5.91 Å². The van der Waals surface area contributed by atoms with Crippen molar-refractivity contribution in [3.05, 3.63) is 92.4 Å². The van der Waals surface area contributed by atoms with Crippen LogP contribution in [0, 0.1) is 5.82 Å². The first-order chi connectivity index (χ1) is 12.0. The second kappa shape index (κ2) is 7.59. The van der Waals surface area contributed by atoms with Crippen LogP contribution in [0.5, 0.6) is 0 Å². The van der Waals surface area contributed by atoms with Crippen molar-refractivity contribution in [3.8, 4) is 0 Å². The molecule has 0 spiro atoms. The summed E-state index contributed by atoms with van der Waals surface area (Å²) in [4.78, 5) is 26.0. The highest BCUT2D eigenvalue weighted by Crippen LogP contribution is 2.21. The van der Waals surface area contributed by atoms with E-state index in [1.807, 2.05) is 6.07 Å². The Kier molecular flexibility index (Phi) is 5.26. The summed E-state index contributed by atoms with van der Waals surface area (Å²) in [6, 6.07) is 15.4. The fourth-order valence-corrected chi connectivity index (χ4v) is 3.37. The van der Waals surface area contributed by atoms with Gasteiger partial charge in [0.1, 0.15) is 5.82 Å². The zero-order valence-electron chi connectivity index (χ0n) is 13.0. The number of hydrogen-bond donors (Lipinski definition) is 1. The van der Waals surface area contributed by atoms with Crippen molar-refractivity contribution >= 4 is 34.6 Å². The normalized spacial score (nSPS) is 10.5. The van der Waals surface area contributed by atoms with Gasteiger partial charge >= 0.3 is 0 Å². The molecule has 0 aliphatic carbocycles. The van der Waals surface area contributed by atoms with Crippen LogP contribution in [0.3, 0.4) is 0 Å². The van der Waals surface area contributed by atoms with Crippen LogP contribution in [-0.4, -0.2) is 11.7 Å². The van der Waals surface area contributed by atoms with Gasteiger partial charge in [-0.2, -0.15) is 0 Å². The minimum Gasteiger partial charge on any atom is -0.347 e. The molecule has 3 nitrogen and oxygen atoms in total. The second-order valence-corrected chi connectivity index (χ2v) is 7.07. The number of carbonyl (C=O) groups is 2. The monoisotopic (exact) mass is 373 g/mol. The number of benzene rings is 2. The van der Waals surface area contributed by atoms with Crippen molar-refractivity contribution in [2.45, 2.75) is 6.54 Å². The Hall–Kier alpha value is -2.50. The van der Waals surface area contributed by atoms with Crippen LogP contribution in [0.2, 0.25) is 4.34 Å². The molecule has 0 aliphatic rings. The highest BCUT2D eigenvalue weighted by molar-refractivity contribution is 7.16. The Bertz CT molecular complexity index is 921. The fraction of sp³-hybridized carbons (Fsp3) is 0.0526. The Balaban J connectivity index is 1.81. The van der Waals surface area contributed by atoms with E-state index in [0.717, 1.165) is 4.88 Å². The van der Waals surface area contributed by atoms with E-state index >= 15 is 0 Å². The van der Waals surface area contributed by atoms with Gasteiger partial charge in [0.2, 0.25) is 0 Å². The number of rotatable bonds is 5. The van der Waals surface area contributed by atoms with Crippen molar-refractivity contribution in [3.63, 3.8) is 0 Å². The standard InChI is InChI=1S/C19H13ClFNO2S/c20-17-10-9-14(25-17)11-22-19(24)16-4-2-1-3-15(16)18(23)12-5-7-13(21)8-6-12/h1-10H,11H2,(H,22,24). The molecule has 2 aromatic carbocycles. The maximum absolute atomic E-state index is 13.0. The van der Waals surface area contributed by atoms with E-state index in [1.165, 1.54) is 35.6 Å². The lowest BCUT2D eigenvalue weighted by atomic mass is 9.98. The van der Waals surface area contributed by atoms with Crippen LogP contribution < -0.4 is 5.32 Å². The molecule has 3 aromatic rings. The number of thiophene rings is 1. The molecule has 1 aromatic heterocycles. The molecule has 1 heterocycles. The van der Waals surface area contributed by atoms with Crippen molar-refractivity contribution in [2.24, 2.45) is 0 Å². The zero-order chi connectivity index (χ0) is 17.8. The van der Waals surface area contributed by atoms with Gasteiger partial charge in [-0.25, -0.2) is 4.39 Å². The molecular weight excluding hydrogens is 361 g/mol. The molecule has 0 fully saturated rings. The third-order valence-corrected chi connectivity index (χ3v) is 4.81. The Morgan fingerprint density at radius 2 is 1.64 bits per heavy atom. The van der Waals surface area contributed by atoms with Gasteiger partial charge in [0, 0.05) is 16.0 Å². The number of amides is 1. The first-order valence-electron chi connectivity index (χ1n) is 7.46. The van der Waals surface area contributed by atoms with E-state index in [2.05, 4.69) is 5.32 Å². The van der Waals surface area contributed by atoms with Crippen LogP contribution in [-0.2, 0) is 6.54 Å². The topological polar surface area (TPSA) is 46.2 Å². The Morgan fingerprint density at radius 3 is 2.28 bits per heavy atom. The van der Waals surface area contributed by atoms with E-state index in [1.54, 1.807) is 30.3 Å². The molecule has 3 rings (SSSR count). The summed E-state index contributed by atoms with van der Waals surface area (Å²) < 4.78 is 13.7. The highest BCUT2D eigenvalue weighted by atomic mass is 35.5. The van der Waals surface area contributed by atoms with Crippen molar-refractivity contribution in [2.75, 3.05) is 0 Å². The van der Waals surface area contributed by atoms with Crippen LogP contribution >= 0.6 is 22.9 Å². The first kappa shape index (κ1) is 17.3. The van der Waals surface area contributed by atoms with Gasteiger partial charge in [-0.1, -0.05) is 29.8 Å². The van der Waals surface area contributed by atoms with E-state index in [4.69, 9.17) is 11.6 Å². The van der Waals surface area contributed by atoms with Gasteiger partial charge in [-0.15, -0.1) is 11.3 Å². The number of hydrogen-bond acceptors (Lipinski definition) is 3. The van der Waals surface area contributed by atoms with Gasteiger partial charge < -0.3 is 5.32 Å². The van der Waals surface area contributed by atoms with Crippen LogP contribution in [0.15, 0.2) is 60.7 Å². The van der Waals surface area contributed by atoms with Gasteiger partial charge in [-0.3, -0.25) is 9.59 Å². The number of carbonyl (C=O) groups excluding carboxylic acids is 2. The summed E-state index contributed by atoms with van der Waals surface area (Å²) in [6.07, 6.45) is 0. The quantitative estimate of drug-likeness (QED) is 0.659. The Labute approximate surface area is 153 Å². The predicted molar refractivity (Wildman–Crippen MR) is 96.8 cm³/mol. The lowest BCUT2D eigenvalue weighted by Gasteiger charge is -2.09. The molecule has 126 valence electrons. The maximum atomic E-state index is 13.0. The molecule has 0 saturated heterocycles. The number of nitrogens with one attached hydrogen (secondary N) is 1. The molecule has 0 bridgehead atoms. The van der Waals surface area contributed by atoms with E-state index < -0.39 is 5.82 Å². The van der Waals surface area contributed by atoms with E-state index in [9.17, 15) is 14.0 Å². The molecule has 0 radical (unpaired) electrons. The average molecular weight is 374 g/mol. The van der Waals surface area contributed by atoms with Gasteiger partial charge in [0.05, 0.1) is 16.4 Å². The summed E-state index contributed by atoms with van der Waals surface area (Å²) in [6.45, 7) is 0.329. The smallest absolute Gasteiger partial charge is 0.252 e. The minimum atomic E-state index is -0.419. The number of ketones is 1. The van der Waals surface area contributed by atoms with Crippen LogP contribution in [0.25, 0.3) is 0 Å². The van der Waals surface area contributed by atoms with Crippen LogP contribution in [0.4, 0.5) is 4.39 Å². The van der Waals surface area contributed by atoms with Gasteiger partial charge in [-0.05, 0) is 42.5 Å². The molecule has 0 aliphatic heterocycles. The van der Waals surface area contributed by atoms with Crippen molar-refractivity contribution in [1.82, 2.24) is 5.32 Å². The minimum absolute atomic E-state index is 0.274. The molecule has 0 atom stereocenters. The molecule has 0 unspecified atom stereocenters. The molecule has 6 heteroatoms. The summed E-state index contributed by atoms with van der Waals surface area (Å²) in [5, 5.41) is 2.79. The third-order valence-electron chi connectivity index (χ3n) is 3.57. The molecule has 0 saturated carbocycles. The Morgan fingerprint density at radius 1 is 0.960 bits per heavy atom. The van der Waals surface area contributed by atoms with Gasteiger partial charge in [0.15, 0.2) is 5.78 Å².